The lowest BCUT2D eigenvalue weighted by atomic mass is 9.64. The van der Waals surface area contributed by atoms with Gasteiger partial charge < -0.3 is 9.42 Å². The Kier molecular flexibility index (Phi) is 4.43. The average molecular weight is 387 g/mol. The third-order valence-electron chi connectivity index (χ3n) is 5.02. The molecule has 140 valence electrons. The van der Waals surface area contributed by atoms with Gasteiger partial charge in [-0.2, -0.15) is 10.1 Å². The van der Waals surface area contributed by atoms with Crippen LogP contribution >= 0.6 is 11.6 Å². The van der Waals surface area contributed by atoms with Crippen LogP contribution < -0.4 is 0 Å². The van der Waals surface area contributed by atoms with Crippen molar-refractivity contribution in [3.63, 3.8) is 0 Å². The summed E-state index contributed by atoms with van der Waals surface area (Å²) in [6.07, 6.45) is 8.10. The highest BCUT2D eigenvalue weighted by molar-refractivity contribution is 6.29. The molecule has 1 aliphatic carbocycles. The molecule has 0 aliphatic heterocycles. The van der Waals surface area contributed by atoms with E-state index in [0.29, 0.717) is 22.4 Å². The van der Waals surface area contributed by atoms with Crippen molar-refractivity contribution in [2.75, 3.05) is 14.1 Å². The van der Waals surface area contributed by atoms with Gasteiger partial charge in [0.25, 0.3) is 5.89 Å². The van der Waals surface area contributed by atoms with E-state index in [0.717, 1.165) is 24.8 Å². The summed E-state index contributed by atoms with van der Waals surface area (Å²) in [6, 6.07) is 3.75. The van der Waals surface area contributed by atoms with Crippen LogP contribution in [0.15, 0.2) is 35.2 Å². The number of halogens is 1. The molecule has 0 bridgehead atoms. The first-order valence-electron chi connectivity index (χ1n) is 8.67. The molecular formula is C18H19ClN6O2. The van der Waals surface area contributed by atoms with Gasteiger partial charge in [-0.15, -0.1) is 0 Å². The predicted molar refractivity (Wildman–Crippen MR) is 98.1 cm³/mol. The van der Waals surface area contributed by atoms with Crippen LogP contribution in [0.4, 0.5) is 0 Å². The smallest absolute Gasteiger partial charge is 0.261 e. The zero-order valence-electron chi connectivity index (χ0n) is 15.1. The van der Waals surface area contributed by atoms with E-state index in [1.54, 1.807) is 43.4 Å². The van der Waals surface area contributed by atoms with Crippen molar-refractivity contribution in [3.05, 3.63) is 47.3 Å². The first-order valence-corrected chi connectivity index (χ1v) is 9.05. The molecule has 1 aliphatic rings. The summed E-state index contributed by atoms with van der Waals surface area (Å²) in [6.45, 7) is 0.161. The lowest BCUT2D eigenvalue weighted by Crippen LogP contribution is -2.36. The summed E-state index contributed by atoms with van der Waals surface area (Å²) in [4.78, 5) is 22.1. The third kappa shape index (κ3) is 3.21. The molecule has 9 heteroatoms. The first kappa shape index (κ1) is 17.7. The van der Waals surface area contributed by atoms with Crippen LogP contribution in [-0.2, 0) is 16.8 Å². The van der Waals surface area contributed by atoms with E-state index in [2.05, 4.69) is 20.2 Å². The minimum absolute atomic E-state index is 0.0421. The fourth-order valence-electron chi connectivity index (χ4n) is 3.21. The number of carbonyl (C=O) groups excluding carboxylic acids is 1. The number of aromatic nitrogens is 5. The summed E-state index contributed by atoms with van der Waals surface area (Å²) in [5.74, 6) is 0.992. The van der Waals surface area contributed by atoms with Gasteiger partial charge in [-0.1, -0.05) is 29.2 Å². The molecule has 0 N–H and O–H groups in total. The fraction of sp³-hybridized carbons (Fsp3) is 0.389. The summed E-state index contributed by atoms with van der Waals surface area (Å²) in [7, 11) is 3.42. The maximum Gasteiger partial charge on any atom is 0.261 e. The van der Waals surface area contributed by atoms with Crippen molar-refractivity contribution in [1.29, 1.82) is 0 Å². The van der Waals surface area contributed by atoms with Gasteiger partial charge in [0.15, 0.2) is 5.82 Å². The topological polar surface area (TPSA) is 89.9 Å². The average Bonchev–Trinajstić information content (AvgIpc) is 3.25. The Morgan fingerprint density at radius 3 is 2.78 bits per heavy atom. The van der Waals surface area contributed by atoms with Crippen LogP contribution in [-0.4, -0.2) is 49.8 Å². The molecule has 0 radical (unpaired) electrons. The molecule has 4 rings (SSSR count). The quantitative estimate of drug-likeness (QED) is 0.626. The van der Waals surface area contributed by atoms with Crippen LogP contribution in [0.1, 0.15) is 30.7 Å². The number of carbonyl (C=O) groups is 1. The summed E-state index contributed by atoms with van der Waals surface area (Å²) in [5.41, 5.74) is 1.44. The van der Waals surface area contributed by atoms with E-state index < -0.39 is 0 Å². The molecule has 3 aromatic rings. The Labute approximate surface area is 161 Å². The highest BCUT2D eigenvalue weighted by atomic mass is 35.5. The lowest BCUT2D eigenvalue weighted by molar-refractivity contribution is -0.129. The minimum Gasteiger partial charge on any atom is -0.347 e. The van der Waals surface area contributed by atoms with E-state index in [1.807, 2.05) is 6.07 Å². The van der Waals surface area contributed by atoms with Crippen LogP contribution in [0.3, 0.4) is 0 Å². The monoisotopic (exact) mass is 386 g/mol. The fourth-order valence-corrected chi connectivity index (χ4v) is 3.32. The third-order valence-corrected chi connectivity index (χ3v) is 5.24. The van der Waals surface area contributed by atoms with Crippen molar-refractivity contribution < 1.29 is 9.32 Å². The molecule has 1 saturated carbocycles. The normalized spacial score (nSPS) is 15.4. The Morgan fingerprint density at radius 1 is 1.33 bits per heavy atom. The van der Waals surface area contributed by atoms with Crippen LogP contribution in [0.2, 0.25) is 5.15 Å². The molecular weight excluding hydrogens is 368 g/mol. The summed E-state index contributed by atoms with van der Waals surface area (Å²) in [5, 5.41) is 8.89. The van der Waals surface area contributed by atoms with Gasteiger partial charge in [0, 0.05) is 26.5 Å². The molecule has 8 nitrogen and oxygen atoms in total. The van der Waals surface area contributed by atoms with Gasteiger partial charge in [0.05, 0.1) is 17.2 Å². The van der Waals surface area contributed by atoms with E-state index in [1.165, 1.54) is 4.90 Å². The molecule has 0 unspecified atom stereocenters. The predicted octanol–water partition coefficient (Wildman–Crippen LogP) is 2.54. The van der Waals surface area contributed by atoms with Crippen molar-refractivity contribution in [1.82, 2.24) is 29.8 Å². The standard InChI is InChI=1S/C18H19ClN6O2/c1-24(2)15(26)11-25-10-12(8-21-25)16-22-17(23-27-16)18(6-3-7-18)13-4-5-14(19)20-9-13/h4-5,8-10H,3,6-7,11H2,1-2H3. The Balaban J connectivity index is 1.59. The van der Waals surface area contributed by atoms with Gasteiger partial charge in [0.2, 0.25) is 5.91 Å². The molecule has 1 amide bonds. The van der Waals surface area contributed by atoms with E-state index in [-0.39, 0.29) is 17.9 Å². The minimum atomic E-state index is -0.282. The number of likely N-dealkylation sites (N-methyl/N-ethyl adjacent to an activating group) is 1. The maximum absolute atomic E-state index is 11.8. The molecule has 3 heterocycles. The molecule has 0 saturated heterocycles. The van der Waals surface area contributed by atoms with Crippen molar-refractivity contribution in [3.8, 4) is 11.5 Å². The van der Waals surface area contributed by atoms with Gasteiger partial charge in [-0.05, 0) is 24.5 Å². The lowest BCUT2D eigenvalue weighted by Gasteiger charge is -2.39. The van der Waals surface area contributed by atoms with Crippen molar-refractivity contribution in [2.45, 2.75) is 31.2 Å². The molecule has 0 atom stereocenters. The van der Waals surface area contributed by atoms with Gasteiger partial charge >= 0.3 is 0 Å². The zero-order chi connectivity index (χ0) is 19.0. The first-order chi connectivity index (χ1) is 13.0. The number of nitrogens with zero attached hydrogens (tertiary/aromatic N) is 6. The second-order valence-electron chi connectivity index (χ2n) is 6.94. The number of pyridine rings is 1. The number of hydrogen-bond donors (Lipinski definition) is 0. The van der Waals surface area contributed by atoms with E-state index >= 15 is 0 Å². The molecule has 3 aromatic heterocycles. The van der Waals surface area contributed by atoms with Gasteiger partial charge in [-0.3, -0.25) is 9.48 Å². The Bertz CT molecular complexity index is 958. The second kappa shape index (κ2) is 6.77. The molecule has 0 spiro atoms. The van der Waals surface area contributed by atoms with Crippen LogP contribution in [0.5, 0.6) is 0 Å². The largest absolute Gasteiger partial charge is 0.347 e. The van der Waals surface area contributed by atoms with Crippen LogP contribution in [0.25, 0.3) is 11.5 Å². The van der Waals surface area contributed by atoms with E-state index in [9.17, 15) is 4.79 Å². The second-order valence-corrected chi connectivity index (χ2v) is 7.33. The number of amides is 1. The number of rotatable bonds is 5. The number of hydrogen-bond acceptors (Lipinski definition) is 6. The zero-order valence-corrected chi connectivity index (χ0v) is 15.8. The SMILES string of the molecule is CN(C)C(=O)Cn1cc(-c2nc(C3(c4ccc(Cl)nc4)CCC3)no2)cn1. The molecule has 0 aromatic carbocycles. The summed E-state index contributed by atoms with van der Waals surface area (Å²) >= 11 is 5.91. The van der Waals surface area contributed by atoms with E-state index in [4.69, 9.17) is 16.1 Å². The molecule has 27 heavy (non-hydrogen) atoms. The molecule has 1 fully saturated rings. The highest BCUT2D eigenvalue weighted by Crippen LogP contribution is 2.48. The van der Waals surface area contributed by atoms with Crippen LogP contribution in [0, 0.1) is 0 Å². The highest BCUT2D eigenvalue weighted by Gasteiger charge is 2.44. The van der Waals surface area contributed by atoms with Gasteiger partial charge in [-0.25, -0.2) is 4.98 Å². The van der Waals surface area contributed by atoms with Crippen molar-refractivity contribution in [2.24, 2.45) is 0 Å². The Morgan fingerprint density at radius 2 is 2.15 bits per heavy atom. The summed E-state index contributed by atoms with van der Waals surface area (Å²) < 4.78 is 7.05. The van der Waals surface area contributed by atoms with Gasteiger partial charge in [0.1, 0.15) is 11.7 Å². The van der Waals surface area contributed by atoms with Crippen molar-refractivity contribution >= 4 is 17.5 Å². The Hall–Kier alpha value is -2.74. The maximum atomic E-state index is 11.8.